The van der Waals surface area contributed by atoms with E-state index in [-0.39, 0.29) is 5.91 Å². The highest BCUT2D eigenvalue weighted by atomic mass is 32.2. The van der Waals surface area contributed by atoms with E-state index >= 15 is 0 Å². The minimum absolute atomic E-state index is 0.0927. The maximum Gasteiger partial charge on any atom is 0.251 e. The average molecular weight is 399 g/mol. The van der Waals surface area contributed by atoms with Crippen molar-refractivity contribution in [2.24, 2.45) is 0 Å². The molecule has 1 amide bonds. The van der Waals surface area contributed by atoms with Crippen LogP contribution in [0.3, 0.4) is 0 Å². The minimum atomic E-state index is -0.918. The van der Waals surface area contributed by atoms with Gasteiger partial charge in [-0.1, -0.05) is 42.8 Å². The highest BCUT2D eigenvalue weighted by molar-refractivity contribution is 7.83. The van der Waals surface area contributed by atoms with Crippen LogP contribution in [0.4, 0.5) is 0 Å². The van der Waals surface area contributed by atoms with Crippen LogP contribution in [0.1, 0.15) is 53.2 Å². The van der Waals surface area contributed by atoms with Gasteiger partial charge in [0.15, 0.2) is 0 Å². The Morgan fingerprint density at radius 3 is 2.68 bits per heavy atom. The molecule has 2 aromatic carbocycles. The molecule has 2 atom stereocenters. The first-order valence-electron chi connectivity index (χ1n) is 10.0. The van der Waals surface area contributed by atoms with E-state index in [1.807, 2.05) is 24.3 Å². The van der Waals surface area contributed by atoms with Crippen LogP contribution in [0.25, 0.3) is 0 Å². The molecule has 1 aliphatic rings. The fourth-order valence-corrected chi connectivity index (χ4v) is 4.46. The van der Waals surface area contributed by atoms with E-state index in [0.29, 0.717) is 23.9 Å². The number of hydrogen-bond acceptors (Lipinski definition) is 3. The summed E-state index contributed by atoms with van der Waals surface area (Å²) in [7, 11) is -0.918. The fourth-order valence-electron chi connectivity index (χ4n) is 3.81. The van der Waals surface area contributed by atoms with Crippen LogP contribution in [0.5, 0.6) is 0 Å². The highest BCUT2D eigenvalue weighted by Gasteiger charge is 2.19. The zero-order chi connectivity index (χ0) is 19.9. The van der Waals surface area contributed by atoms with Crippen LogP contribution >= 0.6 is 0 Å². The van der Waals surface area contributed by atoms with E-state index in [1.165, 1.54) is 30.4 Å². The maximum absolute atomic E-state index is 12.6. The summed E-state index contributed by atoms with van der Waals surface area (Å²) in [5, 5.41) is 3.05. The lowest BCUT2D eigenvalue weighted by molar-refractivity contribution is 0.0950. The van der Waals surface area contributed by atoms with E-state index in [0.717, 1.165) is 18.7 Å². The van der Waals surface area contributed by atoms with Gasteiger partial charge in [-0.3, -0.25) is 13.9 Å². The van der Waals surface area contributed by atoms with Crippen LogP contribution < -0.4 is 5.32 Å². The molecule has 0 aromatic heterocycles. The highest BCUT2D eigenvalue weighted by Crippen LogP contribution is 2.21. The molecule has 1 saturated heterocycles. The predicted octanol–water partition coefficient (Wildman–Crippen LogP) is 3.87. The van der Waals surface area contributed by atoms with Crippen LogP contribution in [0, 0.1) is 0 Å². The number of rotatable bonds is 7. The molecule has 4 nitrogen and oxygen atoms in total. The Labute approximate surface area is 170 Å². The van der Waals surface area contributed by atoms with Gasteiger partial charge in [-0.05, 0) is 55.1 Å². The summed E-state index contributed by atoms with van der Waals surface area (Å²) in [4.78, 5) is 15.2. The number of nitrogens with one attached hydrogen (secondary N) is 1. The molecule has 0 spiro atoms. The SMILES string of the molecule is C[C@@H]1CCCCN1Cc1ccccc1CNC(=O)c1cccc(C[S@@](C)=O)c1. The Kier molecular flexibility index (Phi) is 7.40. The molecule has 5 heteroatoms. The van der Waals surface area contributed by atoms with Gasteiger partial charge in [-0.15, -0.1) is 0 Å². The second-order valence-corrected chi connectivity index (χ2v) is 9.12. The molecule has 2 aromatic rings. The van der Waals surface area contributed by atoms with Crippen molar-refractivity contribution in [1.29, 1.82) is 0 Å². The largest absolute Gasteiger partial charge is 0.348 e. The molecule has 0 saturated carbocycles. The minimum Gasteiger partial charge on any atom is -0.348 e. The lowest BCUT2D eigenvalue weighted by Crippen LogP contribution is -2.37. The molecule has 1 heterocycles. The molecule has 0 unspecified atom stereocenters. The van der Waals surface area contributed by atoms with Gasteiger partial charge in [0.2, 0.25) is 0 Å². The molecule has 3 rings (SSSR count). The lowest BCUT2D eigenvalue weighted by atomic mass is 10.0. The van der Waals surface area contributed by atoms with Crippen molar-refractivity contribution in [2.75, 3.05) is 12.8 Å². The Morgan fingerprint density at radius 2 is 1.93 bits per heavy atom. The van der Waals surface area contributed by atoms with Gasteiger partial charge in [0.05, 0.1) is 0 Å². The van der Waals surface area contributed by atoms with Gasteiger partial charge in [0, 0.05) is 47.5 Å². The molecule has 150 valence electrons. The average Bonchev–Trinajstić information content (AvgIpc) is 2.68. The summed E-state index contributed by atoms with van der Waals surface area (Å²) >= 11 is 0. The third-order valence-electron chi connectivity index (χ3n) is 5.43. The normalized spacial score (nSPS) is 18.6. The van der Waals surface area contributed by atoms with Crippen LogP contribution in [-0.4, -0.2) is 33.9 Å². The van der Waals surface area contributed by atoms with Crippen molar-refractivity contribution >= 4 is 16.7 Å². The summed E-state index contributed by atoms with van der Waals surface area (Å²) < 4.78 is 11.4. The van der Waals surface area contributed by atoms with Gasteiger partial charge >= 0.3 is 0 Å². The molecular weight excluding hydrogens is 368 g/mol. The number of amides is 1. The van der Waals surface area contributed by atoms with E-state index in [4.69, 9.17) is 0 Å². The van der Waals surface area contributed by atoms with Crippen molar-refractivity contribution < 1.29 is 9.00 Å². The van der Waals surface area contributed by atoms with Gasteiger partial charge < -0.3 is 5.32 Å². The number of carbonyl (C=O) groups excluding carboxylic acids is 1. The van der Waals surface area contributed by atoms with E-state index in [9.17, 15) is 9.00 Å². The topological polar surface area (TPSA) is 49.4 Å². The molecular formula is C23H30N2O2S. The Balaban J connectivity index is 1.64. The summed E-state index contributed by atoms with van der Waals surface area (Å²) in [5.74, 6) is 0.378. The first-order valence-corrected chi connectivity index (χ1v) is 11.7. The number of nitrogens with zero attached hydrogens (tertiary/aromatic N) is 1. The molecule has 28 heavy (non-hydrogen) atoms. The Hall–Kier alpha value is -1.98. The standard InChI is InChI=1S/C23H30N2O2S/c1-18-8-5-6-13-25(18)16-22-11-4-3-10-21(22)15-24-23(26)20-12-7-9-19(14-20)17-28(2)27/h3-4,7,9-12,14,18H,5-6,8,13,15-17H2,1-2H3,(H,24,26)/t18-,28-/m1/s1. The zero-order valence-electron chi connectivity index (χ0n) is 16.8. The van der Waals surface area contributed by atoms with Crippen molar-refractivity contribution in [3.8, 4) is 0 Å². The van der Waals surface area contributed by atoms with Crippen LogP contribution in [-0.2, 0) is 29.6 Å². The molecule has 1 fully saturated rings. The smallest absolute Gasteiger partial charge is 0.251 e. The van der Waals surface area contributed by atoms with Crippen LogP contribution in [0.2, 0.25) is 0 Å². The zero-order valence-corrected chi connectivity index (χ0v) is 17.6. The molecule has 0 radical (unpaired) electrons. The van der Waals surface area contributed by atoms with Gasteiger partial charge in [-0.2, -0.15) is 0 Å². The molecule has 0 bridgehead atoms. The maximum atomic E-state index is 12.6. The van der Waals surface area contributed by atoms with Crippen molar-refractivity contribution in [3.05, 3.63) is 70.8 Å². The van der Waals surface area contributed by atoms with Gasteiger partial charge in [-0.25, -0.2) is 0 Å². The number of hydrogen-bond donors (Lipinski definition) is 1. The third-order valence-corrected chi connectivity index (χ3v) is 6.17. The first-order chi connectivity index (χ1) is 13.5. The number of carbonyl (C=O) groups is 1. The van der Waals surface area contributed by atoms with E-state index in [1.54, 1.807) is 12.3 Å². The number of piperidine rings is 1. The fraction of sp³-hybridized carbons (Fsp3) is 0.435. The first kappa shape index (κ1) is 20.7. The molecule has 1 N–H and O–H groups in total. The van der Waals surface area contributed by atoms with Gasteiger partial charge in [0.25, 0.3) is 5.91 Å². The monoisotopic (exact) mass is 398 g/mol. The number of benzene rings is 2. The molecule has 0 aliphatic carbocycles. The Morgan fingerprint density at radius 1 is 1.14 bits per heavy atom. The summed E-state index contributed by atoms with van der Waals surface area (Å²) in [6.45, 7) is 4.90. The second-order valence-electron chi connectivity index (χ2n) is 7.68. The summed E-state index contributed by atoms with van der Waals surface area (Å²) in [6.07, 6.45) is 5.52. The second kappa shape index (κ2) is 9.99. The van der Waals surface area contributed by atoms with Crippen molar-refractivity contribution in [3.63, 3.8) is 0 Å². The predicted molar refractivity (Wildman–Crippen MR) is 116 cm³/mol. The summed E-state index contributed by atoms with van der Waals surface area (Å²) in [6, 6.07) is 16.4. The van der Waals surface area contributed by atoms with Crippen molar-refractivity contribution in [1.82, 2.24) is 10.2 Å². The summed E-state index contributed by atoms with van der Waals surface area (Å²) in [5.41, 5.74) is 3.99. The van der Waals surface area contributed by atoms with E-state index in [2.05, 4.69) is 35.3 Å². The quantitative estimate of drug-likeness (QED) is 0.770. The van der Waals surface area contributed by atoms with Crippen molar-refractivity contribution in [2.45, 2.75) is 51.1 Å². The molecule has 1 aliphatic heterocycles. The number of likely N-dealkylation sites (tertiary alicyclic amines) is 1. The Bertz CT molecular complexity index is 837. The van der Waals surface area contributed by atoms with Gasteiger partial charge in [0.1, 0.15) is 0 Å². The third kappa shape index (κ3) is 5.76. The van der Waals surface area contributed by atoms with Crippen LogP contribution in [0.15, 0.2) is 48.5 Å². The van der Waals surface area contributed by atoms with E-state index < -0.39 is 10.8 Å². The lowest BCUT2D eigenvalue weighted by Gasteiger charge is -2.33.